The topological polar surface area (TPSA) is 128 Å². The van der Waals surface area contributed by atoms with Gasteiger partial charge in [-0.1, -0.05) is 11.6 Å². The number of oxazole rings is 1. The summed E-state index contributed by atoms with van der Waals surface area (Å²) < 4.78 is 11.3. The predicted molar refractivity (Wildman–Crippen MR) is 87.0 cm³/mol. The fourth-order valence-electron chi connectivity index (χ4n) is 2.11. The largest absolute Gasteiger partial charge is 0.462 e. The Hall–Kier alpha value is -1.87. The number of aromatic nitrogens is 1. The summed E-state index contributed by atoms with van der Waals surface area (Å²) in [6.07, 6.45) is 0. The Bertz CT molecular complexity index is 808. The molecule has 1 atom stereocenters. The maximum atomic E-state index is 12.2. The Morgan fingerprint density at radius 1 is 1.46 bits per heavy atom. The van der Waals surface area contributed by atoms with Crippen molar-refractivity contribution in [2.45, 2.75) is 25.4 Å². The van der Waals surface area contributed by atoms with Crippen LogP contribution >= 0.6 is 11.6 Å². The molecule has 2 aromatic rings. The smallest absolute Gasteiger partial charge is 0.420 e. The quantitative estimate of drug-likeness (QED) is 0.635. The first-order chi connectivity index (χ1) is 11.2. The summed E-state index contributed by atoms with van der Waals surface area (Å²) >= 11 is 6.07. The standard InChI is InChI=1S/C15H19ClN2O6/c1-8-3-12-11(4-10(8)16)18(14(22)24-12)9(2)13(21)23-7-15(17,5-19)6-20/h3-4,9,19-20H,5-7,17H2,1-2H3. The molecule has 24 heavy (non-hydrogen) atoms. The molecule has 132 valence electrons. The number of benzene rings is 1. The van der Waals surface area contributed by atoms with Crippen molar-refractivity contribution in [1.29, 1.82) is 0 Å². The first-order valence-corrected chi connectivity index (χ1v) is 7.58. The van der Waals surface area contributed by atoms with Gasteiger partial charge < -0.3 is 25.1 Å². The van der Waals surface area contributed by atoms with Gasteiger partial charge in [0.1, 0.15) is 12.6 Å². The zero-order chi connectivity index (χ0) is 18.1. The van der Waals surface area contributed by atoms with Gasteiger partial charge in [0.2, 0.25) is 0 Å². The molecule has 8 nitrogen and oxygen atoms in total. The zero-order valence-corrected chi connectivity index (χ0v) is 14.0. The number of hydrogen-bond donors (Lipinski definition) is 3. The van der Waals surface area contributed by atoms with Gasteiger partial charge in [-0.3, -0.25) is 4.57 Å². The molecule has 9 heteroatoms. The lowest BCUT2D eigenvalue weighted by atomic mass is 10.1. The van der Waals surface area contributed by atoms with Crippen LogP contribution < -0.4 is 11.5 Å². The molecule has 1 heterocycles. The lowest BCUT2D eigenvalue weighted by Crippen LogP contribution is -2.52. The minimum absolute atomic E-state index is 0.306. The van der Waals surface area contributed by atoms with E-state index in [1.807, 2.05) is 0 Å². The van der Waals surface area contributed by atoms with Crippen molar-refractivity contribution in [2.24, 2.45) is 5.73 Å². The van der Waals surface area contributed by atoms with Gasteiger partial charge >= 0.3 is 11.7 Å². The third kappa shape index (κ3) is 3.46. The van der Waals surface area contributed by atoms with Crippen molar-refractivity contribution in [3.63, 3.8) is 0 Å². The first-order valence-electron chi connectivity index (χ1n) is 7.21. The van der Waals surface area contributed by atoms with Gasteiger partial charge in [0.25, 0.3) is 0 Å². The molecule has 4 N–H and O–H groups in total. The highest BCUT2D eigenvalue weighted by atomic mass is 35.5. The lowest BCUT2D eigenvalue weighted by Gasteiger charge is -2.24. The molecule has 0 amide bonds. The molecule has 0 bridgehead atoms. The van der Waals surface area contributed by atoms with Crippen molar-refractivity contribution >= 4 is 28.7 Å². The minimum Gasteiger partial charge on any atom is -0.462 e. The molecule has 0 radical (unpaired) electrons. The molecule has 0 aliphatic rings. The summed E-state index contributed by atoms with van der Waals surface area (Å²) in [5.41, 5.74) is 5.60. The van der Waals surface area contributed by atoms with E-state index in [4.69, 9.17) is 36.7 Å². The third-order valence-corrected chi connectivity index (χ3v) is 4.16. The molecule has 0 saturated carbocycles. The molecular weight excluding hydrogens is 340 g/mol. The van der Waals surface area contributed by atoms with Gasteiger partial charge in [-0.2, -0.15) is 0 Å². The lowest BCUT2D eigenvalue weighted by molar-refractivity contribution is -0.150. The Kier molecular flexibility index (Phi) is 5.34. The highest BCUT2D eigenvalue weighted by Crippen LogP contribution is 2.25. The number of rotatable bonds is 6. The van der Waals surface area contributed by atoms with Crippen molar-refractivity contribution in [3.8, 4) is 0 Å². The maximum Gasteiger partial charge on any atom is 0.420 e. The summed E-state index contributed by atoms with van der Waals surface area (Å²) in [5.74, 6) is -1.48. The number of nitrogens with two attached hydrogens (primary N) is 1. The van der Waals surface area contributed by atoms with Crippen molar-refractivity contribution in [1.82, 2.24) is 4.57 Å². The Labute approximate surface area is 142 Å². The van der Waals surface area contributed by atoms with Crippen LogP contribution in [0, 0.1) is 6.92 Å². The monoisotopic (exact) mass is 358 g/mol. The van der Waals surface area contributed by atoms with E-state index in [9.17, 15) is 9.59 Å². The van der Waals surface area contributed by atoms with Gasteiger partial charge in [-0.05, 0) is 31.5 Å². The molecule has 0 saturated heterocycles. The van der Waals surface area contributed by atoms with Crippen LogP contribution in [-0.2, 0) is 9.53 Å². The minimum atomic E-state index is -1.45. The molecule has 1 aromatic heterocycles. The predicted octanol–water partition coefficient (Wildman–Crippen LogP) is 0.343. The van der Waals surface area contributed by atoms with Crippen molar-refractivity contribution < 1.29 is 24.2 Å². The average molecular weight is 359 g/mol. The molecular formula is C15H19ClN2O6. The van der Waals surface area contributed by atoms with Crippen LogP contribution in [0.25, 0.3) is 11.1 Å². The van der Waals surface area contributed by atoms with E-state index < -0.39 is 43.1 Å². The SMILES string of the molecule is Cc1cc2oc(=O)n(C(C)C(=O)OCC(N)(CO)CO)c2cc1Cl. The second-order valence-corrected chi connectivity index (χ2v) is 6.18. The summed E-state index contributed by atoms with van der Waals surface area (Å²) in [4.78, 5) is 24.3. The van der Waals surface area contributed by atoms with E-state index in [1.54, 1.807) is 13.0 Å². The van der Waals surface area contributed by atoms with Gasteiger partial charge in [-0.15, -0.1) is 0 Å². The van der Waals surface area contributed by atoms with E-state index in [1.165, 1.54) is 13.0 Å². The van der Waals surface area contributed by atoms with Crippen LogP contribution in [0.2, 0.25) is 5.02 Å². The second-order valence-electron chi connectivity index (χ2n) is 5.77. The van der Waals surface area contributed by atoms with E-state index in [0.29, 0.717) is 16.1 Å². The molecule has 0 fully saturated rings. The van der Waals surface area contributed by atoms with Crippen LogP contribution in [0.1, 0.15) is 18.5 Å². The molecule has 0 spiro atoms. The number of carbonyl (C=O) groups is 1. The number of aliphatic hydroxyl groups is 2. The molecule has 1 unspecified atom stereocenters. The highest BCUT2D eigenvalue weighted by Gasteiger charge is 2.28. The zero-order valence-electron chi connectivity index (χ0n) is 13.3. The highest BCUT2D eigenvalue weighted by molar-refractivity contribution is 6.32. The van der Waals surface area contributed by atoms with Gasteiger partial charge in [-0.25, -0.2) is 9.59 Å². The van der Waals surface area contributed by atoms with E-state index in [2.05, 4.69) is 0 Å². The van der Waals surface area contributed by atoms with E-state index in [-0.39, 0.29) is 0 Å². The van der Waals surface area contributed by atoms with Crippen LogP contribution in [0.15, 0.2) is 21.3 Å². The number of nitrogens with zero attached hydrogens (tertiary/aromatic N) is 1. The normalized spacial score (nSPS) is 13.2. The number of ether oxygens (including phenoxy) is 1. The summed E-state index contributed by atoms with van der Waals surface area (Å²) in [6, 6.07) is 2.14. The summed E-state index contributed by atoms with van der Waals surface area (Å²) in [7, 11) is 0. The van der Waals surface area contributed by atoms with E-state index in [0.717, 1.165) is 10.1 Å². The van der Waals surface area contributed by atoms with Gasteiger partial charge in [0, 0.05) is 5.02 Å². The fourth-order valence-corrected chi connectivity index (χ4v) is 2.26. The number of halogens is 1. The van der Waals surface area contributed by atoms with Crippen LogP contribution in [0.5, 0.6) is 0 Å². The van der Waals surface area contributed by atoms with Crippen molar-refractivity contribution in [2.75, 3.05) is 19.8 Å². The van der Waals surface area contributed by atoms with Crippen LogP contribution in [-0.4, -0.2) is 46.1 Å². The number of aliphatic hydroxyl groups excluding tert-OH is 2. The Balaban J connectivity index is 2.29. The average Bonchev–Trinajstić information content (AvgIpc) is 2.87. The summed E-state index contributed by atoms with van der Waals surface area (Å²) in [6.45, 7) is 1.71. The van der Waals surface area contributed by atoms with E-state index >= 15 is 0 Å². The second kappa shape index (κ2) is 6.94. The number of fused-ring (bicyclic) bond motifs is 1. The Morgan fingerprint density at radius 3 is 2.67 bits per heavy atom. The molecule has 0 aliphatic heterocycles. The van der Waals surface area contributed by atoms with Crippen molar-refractivity contribution in [3.05, 3.63) is 33.3 Å². The van der Waals surface area contributed by atoms with Gasteiger partial charge in [0.05, 0.1) is 24.3 Å². The molecule has 0 aliphatic carbocycles. The van der Waals surface area contributed by atoms with Gasteiger partial charge in [0.15, 0.2) is 5.58 Å². The maximum absolute atomic E-state index is 12.2. The summed E-state index contributed by atoms with van der Waals surface area (Å²) in [5, 5.41) is 18.6. The molecule has 1 aromatic carbocycles. The number of aryl methyl sites for hydroxylation is 1. The van der Waals surface area contributed by atoms with Crippen LogP contribution in [0.3, 0.4) is 0 Å². The number of hydrogen-bond acceptors (Lipinski definition) is 7. The fraction of sp³-hybridized carbons (Fsp3) is 0.467. The molecule has 2 rings (SSSR count). The first kappa shape index (κ1) is 18.5. The Morgan fingerprint density at radius 2 is 2.08 bits per heavy atom. The number of esters is 1. The third-order valence-electron chi connectivity index (χ3n) is 3.75. The van der Waals surface area contributed by atoms with Crippen LogP contribution in [0.4, 0.5) is 0 Å². The number of carbonyl (C=O) groups excluding carboxylic acids is 1.